The Morgan fingerprint density at radius 3 is 2.34 bits per heavy atom. The van der Waals surface area contributed by atoms with Gasteiger partial charge in [-0.15, -0.1) is 16.4 Å². The van der Waals surface area contributed by atoms with Crippen LogP contribution in [-0.2, 0) is 0 Å². The van der Waals surface area contributed by atoms with Crippen LogP contribution < -0.4 is 5.73 Å². The van der Waals surface area contributed by atoms with Gasteiger partial charge < -0.3 is 15.5 Å². The Labute approximate surface area is 172 Å². The number of benzene rings is 1. The first-order valence-electron chi connectivity index (χ1n) is 9.64. The second-order valence-corrected chi connectivity index (χ2v) is 8.76. The van der Waals surface area contributed by atoms with Gasteiger partial charge in [0.1, 0.15) is 9.71 Å². The summed E-state index contributed by atoms with van der Waals surface area (Å²) in [4.78, 5) is 31.1. The molecule has 2 bridgehead atoms. The molecule has 0 radical (unpaired) electrons. The number of amides is 2. The number of piperazine rings is 1. The molecule has 5 rings (SSSR count). The SMILES string of the molecule is Cc1nnc2sc(C(=O)N3CC4CC3CN4C(=O)c3ccccc3)c(N)c2c1C. The standard InChI is InChI=1S/C21H21N5O2S/c1-11-12(2)23-24-19-16(11)17(22)18(29-19)21(28)26-10-14-8-15(26)9-25(14)20(27)13-6-4-3-5-7-13/h3-7,14-15H,8-10,22H2,1-2H3. The minimum atomic E-state index is -0.0677. The molecule has 2 N–H and O–H groups in total. The van der Waals surface area contributed by atoms with Crippen LogP contribution >= 0.6 is 11.3 Å². The van der Waals surface area contributed by atoms with Gasteiger partial charge in [0, 0.05) is 24.0 Å². The van der Waals surface area contributed by atoms with Crippen LogP contribution in [0.15, 0.2) is 30.3 Å². The van der Waals surface area contributed by atoms with E-state index in [2.05, 4.69) is 10.2 Å². The second-order valence-electron chi connectivity index (χ2n) is 7.76. The second kappa shape index (κ2) is 6.52. The first kappa shape index (κ1) is 18.1. The van der Waals surface area contributed by atoms with Crippen LogP contribution in [0.1, 0.15) is 37.7 Å². The number of hydrogen-bond donors (Lipinski definition) is 1. The first-order chi connectivity index (χ1) is 14.0. The minimum absolute atomic E-state index is 0.0266. The number of anilines is 1. The van der Waals surface area contributed by atoms with Crippen LogP contribution in [0.4, 0.5) is 5.69 Å². The van der Waals surface area contributed by atoms with Gasteiger partial charge in [0.2, 0.25) is 0 Å². The van der Waals surface area contributed by atoms with Crippen LogP contribution in [0.2, 0.25) is 0 Å². The van der Waals surface area contributed by atoms with Gasteiger partial charge >= 0.3 is 0 Å². The number of rotatable bonds is 2. The highest BCUT2D eigenvalue weighted by Gasteiger charge is 2.47. The molecule has 1 aromatic carbocycles. The average molecular weight is 407 g/mol. The fourth-order valence-corrected chi connectivity index (χ4v) is 5.50. The number of carbonyl (C=O) groups excluding carboxylic acids is 2. The molecule has 2 aliphatic heterocycles. The summed E-state index contributed by atoms with van der Waals surface area (Å²) in [5.41, 5.74) is 9.32. The molecule has 29 heavy (non-hydrogen) atoms. The van der Waals surface area contributed by atoms with E-state index >= 15 is 0 Å². The Kier molecular flexibility index (Phi) is 4.06. The first-order valence-corrected chi connectivity index (χ1v) is 10.5. The molecule has 3 aromatic rings. The molecule has 2 fully saturated rings. The summed E-state index contributed by atoms with van der Waals surface area (Å²) < 4.78 is 0. The van der Waals surface area contributed by atoms with Gasteiger partial charge in [0.25, 0.3) is 11.8 Å². The number of nitrogen functional groups attached to an aromatic ring is 1. The van der Waals surface area contributed by atoms with Crippen LogP contribution in [0, 0.1) is 13.8 Å². The number of fused-ring (bicyclic) bond motifs is 3. The maximum absolute atomic E-state index is 13.3. The summed E-state index contributed by atoms with van der Waals surface area (Å²) in [5, 5.41) is 9.19. The van der Waals surface area contributed by atoms with Gasteiger partial charge in [0.05, 0.1) is 23.5 Å². The van der Waals surface area contributed by atoms with E-state index in [-0.39, 0.29) is 23.9 Å². The van der Waals surface area contributed by atoms with Gasteiger partial charge in [0.15, 0.2) is 0 Å². The van der Waals surface area contributed by atoms with Crippen molar-refractivity contribution in [1.82, 2.24) is 20.0 Å². The van der Waals surface area contributed by atoms with E-state index in [1.54, 1.807) is 0 Å². The fraction of sp³-hybridized carbons (Fsp3) is 0.333. The van der Waals surface area contributed by atoms with Crippen molar-refractivity contribution in [3.05, 3.63) is 52.0 Å². The summed E-state index contributed by atoms with van der Waals surface area (Å²) in [6.07, 6.45) is 0.813. The molecule has 0 saturated carbocycles. The van der Waals surface area contributed by atoms with Crippen molar-refractivity contribution in [2.24, 2.45) is 0 Å². The Hall–Kier alpha value is -3.00. The zero-order valence-electron chi connectivity index (χ0n) is 16.3. The largest absolute Gasteiger partial charge is 0.397 e. The molecule has 2 amide bonds. The van der Waals surface area contributed by atoms with E-state index in [9.17, 15) is 9.59 Å². The van der Waals surface area contributed by atoms with Crippen LogP contribution in [-0.4, -0.2) is 57.0 Å². The number of likely N-dealkylation sites (tertiary alicyclic amines) is 2. The third-order valence-corrected chi connectivity index (χ3v) is 7.19. The maximum Gasteiger partial charge on any atom is 0.266 e. The highest BCUT2D eigenvalue weighted by Crippen LogP contribution is 2.39. The van der Waals surface area contributed by atoms with Crippen molar-refractivity contribution >= 4 is 39.1 Å². The molecule has 2 unspecified atom stereocenters. The number of aromatic nitrogens is 2. The fourth-order valence-electron chi connectivity index (χ4n) is 4.44. The van der Waals surface area contributed by atoms with E-state index in [1.807, 2.05) is 54.0 Å². The average Bonchev–Trinajstić information content (AvgIpc) is 3.43. The Morgan fingerprint density at radius 1 is 1.03 bits per heavy atom. The summed E-state index contributed by atoms with van der Waals surface area (Å²) >= 11 is 1.30. The summed E-state index contributed by atoms with van der Waals surface area (Å²) in [7, 11) is 0. The molecule has 0 spiro atoms. The summed E-state index contributed by atoms with van der Waals surface area (Å²) in [5.74, 6) is -0.0326. The summed E-state index contributed by atoms with van der Waals surface area (Å²) in [6.45, 7) is 4.94. The van der Waals surface area contributed by atoms with Crippen LogP contribution in [0.3, 0.4) is 0 Å². The lowest BCUT2D eigenvalue weighted by molar-refractivity contribution is 0.0530. The number of thiophene rings is 1. The van der Waals surface area contributed by atoms with Gasteiger partial charge in [-0.2, -0.15) is 5.10 Å². The molecule has 7 nitrogen and oxygen atoms in total. The molecule has 8 heteroatoms. The number of nitrogens with zero attached hydrogens (tertiary/aromatic N) is 4. The predicted octanol–water partition coefficient (Wildman–Crippen LogP) is 2.63. The highest BCUT2D eigenvalue weighted by molar-refractivity contribution is 7.21. The monoisotopic (exact) mass is 407 g/mol. The molecular formula is C21H21N5O2S. The Bertz CT molecular complexity index is 1140. The third kappa shape index (κ3) is 2.70. The normalized spacial score (nSPS) is 20.6. The summed E-state index contributed by atoms with van der Waals surface area (Å²) in [6, 6.07) is 9.38. The highest BCUT2D eigenvalue weighted by atomic mass is 32.1. The third-order valence-electron chi connectivity index (χ3n) is 6.11. The van der Waals surface area contributed by atoms with Crippen LogP contribution in [0.25, 0.3) is 10.2 Å². The van der Waals surface area contributed by atoms with Crippen molar-refractivity contribution in [3.63, 3.8) is 0 Å². The molecule has 2 aromatic heterocycles. The van der Waals surface area contributed by atoms with E-state index in [0.29, 0.717) is 34.0 Å². The van der Waals surface area contributed by atoms with Gasteiger partial charge in [-0.1, -0.05) is 18.2 Å². The quantitative estimate of drug-likeness (QED) is 0.705. The molecule has 148 valence electrons. The number of nitrogens with two attached hydrogens (primary N) is 1. The van der Waals surface area contributed by atoms with Gasteiger partial charge in [-0.05, 0) is 38.0 Å². The molecule has 2 aliphatic rings. The molecular weight excluding hydrogens is 386 g/mol. The predicted molar refractivity (Wildman–Crippen MR) is 112 cm³/mol. The van der Waals surface area contributed by atoms with Crippen molar-refractivity contribution in [2.45, 2.75) is 32.4 Å². The smallest absolute Gasteiger partial charge is 0.266 e. The zero-order valence-corrected chi connectivity index (χ0v) is 17.1. The Morgan fingerprint density at radius 2 is 1.69 bits per heavy atom. The lowest BCUT2D eigenvalue weighted by Crippen LogP contribution is -2.50. The lowest BCUT2D eigenvalue weighted by atomic mass is 10.1. The topological polar surface area (TPSA) is 92.4 Å². The maximum atomic E-state index is 13.3. The van der Waals surface area contributed by atoms with Crippen molar-refractivity contribution in [3.8, 4) is 0 Å². The van der Waals surface area contributed by atoms with Crippen LogP contribution in [0.5, 0.6) is 0 Å². The van der Waals surface area contributed by atoms with E-state index < -0.39 is 0 Å². The molecule has 2 atom stereocenters. The van der Waals surface area contributed by atoms with E-state index in [1.165, 1.54) is 11.3 Å². The molecule has 4 heterocycles. The minimum Gasteiger partial charge on any atom is -0.397 e. The van der Waals surface area contributed by atoms with Crippen molar-refractivity contribution < 1.29 is 9.59 Å². The van der Waals surface area contributed by atoms with E-state index in [4.69, 9.17) is 5.73 Å². The molecule has 0 aliphatic carbocycles. The number of hydrogen-bond acceptors (Lipinski definition) is 6. The van der Waals surface area contributed by atoms with Crippen molar-refractivity contribution in [1.29, 1.82) is 0 Å². The Balaban J connectivity index is 1.39. The lowest BCUT2D eigenvalue weighted by Gasteiger charge is -2.34. The zero-order chi connectivity index (χ0) is 20.3. The number of aryl methyl sites for hydroxylation is 2. The number of carbonyl (C=O) groups is 2. The van der Waals surface area contributed by atoms with Gasteiger partial charge in [-0.3, -0.25) is 9.59 Å². The van der Waals surface area contributed by atoms with Crippen molar-refractivity contribution in [2.75, 3.05) is 18.8 Å². The molecule has 2 saturated heterocycles. The van der Waals surface area contributed by atoms with E-state index in [0.717, 1.165) is 23.1 Å². The van der Waals surface area contributed by atoms with Gasteiger partial charge in [-0.25, -0.2) is 0 Å².